The molecule has 0 amide bonds. The first-order valence-electron chi connectivity index (χ1n) is 4.90. The Balaban J connectivity index is 2.92. The van der Waals surface area contributed by atoms with Gasteiger partial charge >= 0.3 is 0 Å². The summed E-state index contributed by atoms with van der Waals surface area (Å²) in [4.78, 5) is 0. The van der Waals surface area contributed by atoms with Crippen molar-refractivity contribution in [1.29, 1.82) is 0 Å². The molecule has 0 aromatic heterocycles. The molecule has 3 N–H and O–H groups in total. The van der Waals surface area contributed by atoms with Crippen LogP contribution in [0.1, 0.15) is 19.4 Å². The second-order valence-corrected chi connectivity index (χ2v) is 5.35. The van der Waals surface area contributed by atoms with Gasteiger partial charge in [0.25, 0.3) is 10.2 Å². The number of nitrogens with one attached hydrogen (secondary N) is 2. The normalized spacial score (nSPS) is 11.8. The summed E-state index contributed by atoms with van der Waals surface area (Å²) in [6.45, 7) is 5.25. The summed E-state index contributed by atoms with van der Waals surface area (Å²) in [6.07, 6.45) is 0. The third-order valence-corrected chi connectivity index (χ3v) is 3.06. The summed E-state index contributed by atoms with van der Waals surface area (Å²) in [5.41, 5.74) is 1.04. The van der Waals surface area contributed by atoms with E-state index in [0.717, 1.165) is 5.56 Å². The molecule has 0 spiro atoms. The van der Waals surface area contributed by atoms with Crippen molar-refractivity contribution in [1.82, 2.24) is 4.72 Å². The Bertz CT molecular complexity index is 469. The Morgan fingerprint density at radius 1 is 1.31 bits per heavy atom. The van der Waals surface area contributed by atoms with Gasteiger partial charge in [-0.1, -0.05) is 6.07 Å². The van der Waals surface area contributed by atoms with E-state index < -0.39 is 10.2 Å². The fourth-order valence-electron chi connectivity index (χ4n) is 1.22. The van der Waals surface area contributed by atoms with Gasteiger partial charge in [0.1, 0.15) is 5.75 Å². The number of hydrogen-bond donors (Lipinski definition) is 3. The van der Waals surface area contributed by atoms with E-state index in [0.29, 0.717) is 0 Å². The lowest BCUT2D eigenvalue weighted by atomic mass is 10.2. The molecule has 0 atom stereocenters. The highest BCUT2D eigenvalue weighted by molar-refractivity contribution is 7.90. The van der Waals surface area contributed by atoms with Crippen LogP contribution in [0.2, 0.25) is 0 Å². The van der Waals surface area contributed by atoms with Gasteiger partial charge in [-0.2, -0.15) is 13.1 Å². The predicted molar refractivity (Wildman–Crippen MR) is 63.7 cm³/mol. The van der Waals surface area contributed by atoms with Gasteiger partial charge in [0.05, 0.1) is 5.69 Å². The van der Waals surface area contributed by atoms with Crippen LogP contribution in [0, 0.1) is 6.92 Å². The average Bonchev–Trinajstić information content (AvgIpc) is 2.08. The number of benzene rings is 1. The summed E-state index contributed by atoms with van der Waals surface area (Å²) < 4.78 is 27.7. The lowest BCUT2D eigenvalue weighted by molar-refractivity contribution is 0.477. The monoisotopic (exact) mass is 244 g/mol. The van der Waals surface area contributed by atoms with E-state index in [2.05, 4.69) is 9.44 Å². The molecule has 0 aliphatic heterocycles. The van der Waals surface area contributed by atoms with E-state index in [1.807, 2.05) is 6.92 Å². The number of phenols is 1. The number of aromatic hydroxyl groups is 1. The molecule has 0 fully saturated rings. The van der Waals surface area contributed by atoms with Gasteiger partial charge in [-0.25, -0.2) is 0 Å². The Morgan fingerprint density at radius 3 is 2.50 bits per heavy atom. The van der Waals surface area contributed by atoms with Gasteiger partial charge < -0.3 is 5.11 Å². The van der Waals surface area contributed by atoms with Crippen LogP contribution in [0.5, 0.6) is 5.75 Å². The van der Waals surface area contributed by atoms with Crippen LogP contribution in [0.4, 0.5) is 5.69 Å². The number of phenolic OH excluding ortho intramolecular Hbond substituents is 1. The van der Waals surface area contributed by atoms with E-state index >= 15 is 0 Å². The van der Waals surface area contributed by atoms with Crippen LogP contribution >= 0.6 is 0 Å². The SMILES string of the molecule is Cc1ccc(O)c(NS(=O)(=O)NC(C)C)c1. The third-order valence-electron chi connectivity index (χ3n) is 1.79. The number of anilines is 1. The van der Waals surface area contributed by atoms with Crippen molar-refractivity contribution in [2.75, 3.05) is 4.72 Å². The second kappa shape index (κ2) is 4.71. The Hall–Kier alpha value is -1.27. The van der Waals surface area contributed by atoms with Gasteiger partial charge in [-0.3, -0.25) is 4.72 Å². The Labute approximate surface area is 95.7 Å². The molecular weight excluding hydrogens is 228 g/mol. The fourth-order valence-corrected chi connectivity index (χ4v) is 2.35. The van der Waals surface area contributed by atoms with E-state index in [1.54, 1.807) is 26.0 Å². The van der Waals surface area contributed by atoms with Crippen LogP contribution in [0.3, 0.4) is 0 Å². The fraction of sp³-hybridized carbons (Fsp3) is 0.400. The van der Waals surface area contributed by atoms with E-state index in [1.165, 1.54) is 6.07 Å². The van der Waals surface area contributed by atoms with Gasteiger partial charge in [0.15, 0.2) is 0 Å². The molecular formula is C10H16N2O3S. The molecule has 6 heteroatoms. The first kappa shape index (κ1) is 12.8. The molecule has 0 aliphatic rings. The minimum atomic E-state index is -3.63. The van der Waals surface area contributed by atoms with Gasteiger partial charge in [-0.05, 0) is 38.5 Å². The van der Waals surface area contributed by atoms with Crippen molar-refractivity contribution < 1.29 is 13.5 Å². The first-order valence-corrected chi connectivity index (χ1v) is 6.38. The highest BCUT2D eigenvalue weighted by Gasteiger charge is 2.13. The van der Waals surface area contributed by atoms with E-state index in [9.17, 15) is 13.5 Å². The van der Waals surface area contributed by atoms with Crippen LogP contribution in [0.15, 0.2) is 18.2 Å². The molecule has 90 valence electrons. The molecule has 0 unspecified atom stereocenters. The van der Waals surface area contributed by atoms with Crippen LogP contribution in [0.25, 0.3) is 0 Å². The van der Waals surface area contributed by atoms with Gasteiger partial charge in [0, 0.05) is 6.04 Å². The lowest BCUT2D eigenvalue weighted by Gasteiger charge is -2.12. The predicted octanol–water partition coefficient (Wildman–Crippen LogP) is 1.36. The lowest BCUT2D eigenvalue weighted by Crippen LogP contribution is -2.35. The van der Waals surface area contributed by atoms with Crippen LogP contribution in [-0.2, 0) is 10.2 Å². The zero-order chi connectivity index (χ0) is 12.3. The molecule has 0 saturated heterocycles. The molecule has 1 aromatic carbocycles. The zero-order valence-electron chi connectivity index (χ0n) is 9.48. The van der Waals surface area contributed by atoms with Crippen molar-refractivity contribution in [3.8, 4) is 5.75 Å². The van der Waals surface area contributed by atoms with Crippen molar-refractivity contribution >= 4 is 15.9 Å². The summed E-state index contributed by atoms with van der Waals surface area (Å²) in [6, 6.07) is 4.50. The number of rotatable bonds is 4. The maximum absolute atomic E-state index is 11.5. The molecule has 0 saturated carbocycles. The first-order chi connectivity index (χ1) is 7.30. The smallest absolute Gasteiger partial charge is 0.299 e. The quantitative estimate of drug-likeness (QED) is 0.700. The topological polar surface area (TPSA) is 78.4 Å². The second-order valence-electron chi connectivity index (χ2n) is 3.90. The van der Waals surface area contributed by atoms with Crippen LogP contribution in [-0.4, -0.2) is 19.6 Å². The number of hydrogen-bond acceptors (Lipinski definition) is 3. The zero-order valence-corrected chi connectivity index (χ0v) is 10.3. The minimum Gasteiger partial charge on any atom is -0.506 e. The molecule has 0 aliphatic carbocycles. The molecule has 0 bridgehead atoms. The molecule has 5 nitrogen and oxygen atoms in total. The van der Waals surface area contributed by atoms with Gasteiger partial charge in [-0.15, -0.1) is 0 Å². The van der Waals surface area contributed by atoms with E-state index in [-0.39, 0.29) is 17.5 Å². The van der Waals surface area contributed by atoms with Crippen molar-refractivity contribution in [3.63, 3.8) is 0 Å². The highest BCUT2D eigenvalue weighted by atomic mass is 32.2. The van der Waals surface area contributed by atoms with Crippen molar-refractivity contribution in [3.05, 3.63) is 23.8 Å². The van der Waals surface area contributed by atoms with Crippen LogP contribution < -0.4 is 9.44 Å². The largest absolute Gasteiger partial charge is 0.506 e. The summed E-state index contributed by atoms with van der Waals surface area (Å²) in [5.74, 6) is -0.0975. The molecule has 1 aromatic rings. The van der Waals surface area contributed by atoms with Crippen molar-refractivity contribution in [2.24, 2.45) is 0 Å². The summed E-state index contributed by atoms with van der Waals surface area (Å²) >= 11 is 0. The highest BCUT2D eigenvalue weighted by Crippen LogP contribution is 2.24. The Kier molecular flexibility index (Phi) is 3.77. The van der Waals surface area contributed by atoms with Gasteiger partial charge in [0.2, 0.25) is 0 Å². The maximum Gasteiger partial charge on any atom is 0.299 e. The minimum absolute atomic E-state index is 0.0975. The molecule has 1 rings (SSSR count). The molecule has 0 radical (unpaired) electrons. The summed E-state index contributed by atoms with van der Waals surface area (Å²) in [5, 5.41) is 9.48. The molecule has 16 heavy (non-hydrogen) atoms. The third kappa shape index (κ3) is 3.71. The average molecular weight is 244 g/mol. The number of aryl methyl sites for hydroxylation is 1. The Morgan fingerprint density at radius 2 is 1.94 bits per heavy atom. The van der Waals surface area contributed by atoms with E-state index in [4.69, 9.17) is 0 Å². The summed E-state index contributed by atoms with van der Waals surface area (Å²) in [7, 11) is -3.63. The standard InChI is InChI=1S/C10H16N2O3S/c1-7(2)11-16(14,15)12-9-6-8(3)4-5-10(9)13/h4-7,11-13H,1-3H3. The van der Waals surface area contributed by atoms with Crippen molar-refractivity contribution in [2.45, 2.75) is 26.8 Å². The maximum atomic E-state index is 11.5. The molecule has 0 heterocycles.